The molecule has 0 aromatic heterocycles. The van der Waals surface area contributed by atoms with E-state index < -0.39 is 0 Å². The number of benzene rings is 3. The summed E-state index contributed by atoms with van der Waals surface area (Å²) in [6.45, 7) is 4.44. The molecule has 1 unspecified atom stereocenters. The Morgan fingerprint density at radius 1 is 0.943 bits per heavy atom. The van der Waals surface area contributed by atoms with E-state index in [0.29, 0.717) is 9.52 Å². The Balaban J connectivity index is 1.58. The van der Waals surface area contributed by atoms with E-state index in [1.165, 1.54) is 17.5 Å². The van der Waals surface area contributed by atoms with Crippen molar-refractivity contribution in [2.75, 3.05) is 0 Å². The molecule has 6 heteroatoms. The molecule has 1 aliphatic carbocycles. The molecule has 3 aromatic rings. The largest absolute Gasteiger partial charge is 0.195 e. The van der Waals surface area contributed by atoms with E-state index >= 15 is 0 Å². The minimum Gasteiger partial charge on any atom is -0.195 e. The van der Waals surface area contributed by atoms with Gasteiger partial charge in [-0.15, -0.1) is 0 Å². The summed E-state index contributed by atoms with van der Waals surface area (Å²) in [5, 5.41) is 6.64. The van der Waals surface area contributed by atoms with Crippen molar-refractivity contribution < 1.29 is 0 Å². The molecular weight excluding hydrogens is 507 g/mol. The second-order valence-corrected chi connectivity index (χ2v) is 11.4. The van der Waals surface area contributed by atoms with E-state index in [9.17, 15) is 0 Å². The van der Waals surface area contributed by atoms with Crippen LogP contribution in [0.25, 0.3) is 0 Å². The fourth-order valence-corrected chi connectivity index (χ4v) is 6.28. The van der Waals surface area contributed by atoms with Crippen LogP contribution in [0.1, 0.15) is 46.7 Å². The lowest BCUT2D eigenvalue weighted by Crippen LogP contribution is -2.30. The monoisotopic (exact) mass is 526 g/mol. The minimum atomic E-state index is 0.608. The third-order valence-electron chi connectivity index (χ3n) is 6.11. The molecule has 35 heavy (non-hydrogen) atoms. The van der Waals surface area contributed by atoms with E-state index in [1.807, 2.05) is 30.3 Å². The summed E-state index contributed by atoms with van der Waals surface area (Å²) in [5.41, 5.74) is 7.47. The van der Waals surface area contributed by atoms with Gasteiger partial charge in [-0.3, -0.25) is 0 Å². The zero-order valence-corrected chi connectivity index (χ0v) is 24.4. The summed E-state index contributed by atoms with van der Waals surface area (Å²) in [6, 6.07) is 14.2. The van der Waals surface area contributed by atoms with Crippen LogP contribution in [0.15, 0.2) is 47.5 Å². The molecule has 0 saturated heterocycles. The first-order valence-corrected chi connectivity index (χ1v) is 14.7. The Bertz CT molecular complexity index is 1480. The molecule has 4 rings (SSSR count). The maximum atomic E-state index is 4.74. The number of isothiocyanates is 1. The summed E-state index contributed by atoms with van der Waals surface area (Å²) >= 11 is 4.74. The molecule has 0 saturated carbocycles. The van der Waals surface area contributed by atoms with Crippen LogP contribution in [0.3, 0.4) is 0 Å². The maximum Gasteiger partial charge on any atom is 0.0804 e. The van der Waals surface area contributed by atoms with Gasteiger partial charge in [-0.25, -0.2) is 0 Å². The van der Waals surface area contributed by atoms with Crippen LogP contribution >= 0.6 is 12.2 Å². The quantitative estimate of drug-likeness (QED) is 0.216. The number of nitrogens with zero attached hydrogens (tertiary/aromatic N) is 1. The molecule has 0 aliphatic heterocycles. The van der Waals surface area contributed by atoms with Gasteiger partial charge >= 0.3 is 0 Å². The maximum absolute atomic E-state index is 4.74. The number of hydrogen-bond donors (Lipinski definition) is 0. The molecule has 11 radical (unpaired) electrons. The van der Waals surface area contributed by atoms with Crippen LogP contribution in [-0.2, 0) is 12.8 Å². The molecule has 3 aromatic carbocycles. The lowest BCUT2D eigenvalue weighted by atomic mass is 9.84. The van der Waals surface area contributed by atoms with Crippen molar-refractivity contribution in [3.8, 4) is 23.7 Å². The zero-order chi connectivity index (χ0) is 24.9. The van der Waals surface area contributed by atoms with Crippen LogP contribution in [0.4, 0.5) is 5.69 Å². The molecule has 0 bridgehead atoms. The van der Waals surface area contributed by atoms with Crippen LogP contribution in [-0.4, -0.2) is 45.4 Å². The summed E-state index contributed by atoms with van der Waals surface area (Å²) in [5.74, 6) is 13.9. The lowest BCUT2D eigenvalue weighted by Gasteiger charge is -2.25. The van der Waals surface area contributed by atoms with Crippen molar-refractivity contribution in [3.63, 3.8) is 0 Å². The van der Waals surface area contributed by atoms with Crippen molar-refractivity contribution in [3.05, 3.63) is 75.8 Å². The molecule has 1 atom stereocenters. The van der Waals surface area contributed by atoms with E-state index in [4.69, 9.17) is 12.2 Å². The highest BCUT2D eigenvalue weighted by Crippen LogP contribution is 2.23. The summed E-state index contributed by atoms with van der Waals surface area (Å²) in [6.07, 6.45) is 3.44. The van der Waals surface area contributed by atoms with Gasteiger partial charge < -0.3 is 0 Å². The molecule has 163 valence electrons. The van der Waals surface area contributed by atoms with E-state index in [-0.39, 0.29) is 0 Å². The summed E-state index contributed by atoms with van der Waals surface area (Å²) in [4.78, 5) is 4.13. The topological polar surface area (TPSA) is 12.4 Å². The van der Waals surface area contributed by atoms with Gasteiger partial charge in [0.05, 0.1) is 51.1 Å². The first-order valence-electron chi connectivity index (χ1n) is 11.3. The third-order valence-corrected chi connectivity index (χ3v) is 8.50. The molecule has 0 spiro atoms. The molecule has 0 fully saturated rings. The van der Waals surface area contributed by atoms with Gasteiger partial charge in [-0.1, -0.05) is 53.6 Å². The normalized spacial score (nSPS) is 14.0. The third kappa shape index (κ3) is 5.99. The van der Waals surface area contributed by atoms with E-state index in [0.717, 1.165) is 67.4 Å². The lowest BCUT2D eigenvalue weighted by molar-refractivity contribution is 0.503. The van der Waals surface area contributed by atoms with Gasteiger partial charge in [0.2, 0.25) is 0 Å². The van der Waals surface area contributed by atoms with Crippen molar-refractivity contribution >= 4 is 84.1 Å². The molecule has 1 aliphatic rings. The van der Waals surface area contributed by atoms with Gasteiger partial charge in [0.15, 0.2) is 0 Å². The highest BCUT2D eigenvalue weighted by molar-refractivity contribution is 7.78. The average Bonchev–Trinajstić information content (AvgIpc) is 2.84. The second kappa shape index (κ2) is 11.5. The predicted molar refractivity (Wildman–Crippen MR) is 155 cm³/mol. The van der Waals surface area contributed by atoms with Gasteiger partial charge in [0.1, 0.15) is 0 Å². The van der Waals surface area contributed by atoms with Gasteiger partial charge in [-0.05, 0) is 95.3 Å². The highest BCUT2D eigenvalue weighted by atomic mass is 32.1. The van der Waals surface area contributed by atoms with E-state index in [2.05, 4.69) is 90.2 Å². The Morgan fingerprint density at radius 3 is 2.43 bits per heavy atom. The molecule has 1 nitrogen and oxygen atoms in total. The summed E-state index contributed by atoms with van der Waals surface area (Å²) < 4.78 is 0. The van der Waals surface area contributed by atoms with Crippen LogP contribution < -0.4 is 20.7 Å². The Kier molecular flexibility index (Phi) is 8.36. The van der Waals surface area contributed by atoms with Gasteiger partial charge in [-0.2, -0.15) is 4.99 Å². The minimum absolute atomic E-state index is 0.608. The zero-order valence-electron chi connectivity index (χ0n) is 19.6. The fraction of sp³-hybridized carbons (Fsp3) is 0.207. The average molecular weight is 527 g/mol. The number of rotatable bonds is 2. The standard InChI is InChI=1S/C29H20NSSi4/c1-18-3-10-23-22(13-18)16-27(33)24(29(23)34)11-6-19-4-8-21(26(32)14-19)9-5-20-7-12-25(30-17-31)28(15-20)35-2/h4,7-8,12,14-16,18H,3,10,13H2,1-2H3. The van der Waals surface area contributed by atoms with Crippen LogP contribution in [0.5, 0.6) is 0 Å². The number of aliphatic imine (C=N–C) groups is 1. The molecular formula is C29H20NSSi4. The first kappa shape index (κ1) is 25.5. The molecule has 0 heterocycles. The van der Waals surface area contributed by atoms with Crippen molar-refractivity contribution in [2.24, 2.45) is 10.9 Å². The number of hydrogen-bond acceptors (Lipinski definition) is 2. The van der Waals surface area contributed by atoms with Gasteiger partial charge in [0.25, 0.3) is 0 Å². The van der Waals surface area contributed by atoms with Crippen molar-refractivity contribution in [2.45, 2.75) is 32.7 Å². The van der Waals surface area contributed by atoms with Crippen LogP contribution in [0, 0.1) is 29.6 Å². The number of fused-ring (bicyclic) bond motifs is 1. The Morgan fingerprint density at radius 2 is 1.69 bits per heavy atom. The van der Waals surface area contributed by atoms with Crippen LogP contribution in [0.2, 0.25) is 6.55 Å². The fourth-order valence-electron chi connectivity index (χ4n) is 4.21. The second-order valence-electron chi connectivity index (χ2n) is 8.61. The van der Waals surface area contributed by atoms with Crippen molar-refractivity contribution in [1.82, 2.24) is 0 Å². The SMILES string of the molecule is C[Si]c1cc(C#Cc2ccc(C#Cc3c([Si])cc4c(c3[Si])CCC(C)C4)cc2[Si])ccc1N=C=S. The predicted octanol–water partition coefficient (Wildman–Crippen LogP) is 2.10. The Hall–Kier alpha value is -2.55. The first-order chi connectivity index (χ1) is 16.9. The molecule has 0 N–H and O–H groups in total. The van der Waals surface area contributed by atoms with Crippen molar-refractivity contribution in [1.29, 1.82) is 0 Å². The van der Waals surface area contributed by atoms with Gasteiger partial charge in [0, 0.05) is 22.3 Å². The molecule has 0 amide bonds. The smallest absolute Gasteiger partial charge is 0.0804 e. The number of thiocarbonyl (C=S) groups is 1. The Labute approximate surface area is 226 Å². The van der Waals surface area contributed by atoms with E-state index in [1.54, 1.807) is 0 Å². The summed E-state index contributed by atoms with van der Waals surface area (Å²) in [7, 11) is 12.0. The highest BCUT2D eigenvalue weighted by Gasteiger charge is 2.19.